The highest BCUT2D eigenvalue weighted by Crippen LogP contribution is 2.34. The second-order valence-electron chi connectivity index (χ2n) is 11.8. The van der Waals surface area contributed by atoms with Gasteiger partial charge in [-0.15, -0.1) is 11.3 Å². The molecule has 0 saturated carbocycles. The zero-order valence-electron chi connectivity index (χ0n) is 24.0. The van der Waals surface area contributed by atoms with Gasteiger partial charge in [0, 0.05) is 43.2 Å². The Balaban J connectivity index is 0.977. The first-order valence-electron chi connectivity index (χ1n) is 14.5. The third-order valence-electron chi connectivity index (χ3n) is 8.57. The molecule has 2 aromatic heterocycles. The van der Waals surface area contributed by atoms with Gasteiger partial charge < -0.3 is 30.2 Å². The van der Waals surface area contributed by atoms with Crippen molar-refractivity contribution in [1.29, 1.82) is 0 Å². The Morgan fingerprint density at radius 2 is 2.07 bits per heavy atom. The number of rotatable bonds is 9. The van der Waals surface area contributed by atoms with Crippen molar-refractivity contribution in [3.05, 3.63) is 73.1 Å². The zero-order valence-corrected chi connectivity index (χ0v) is 25.6. The number of phenolic OH excluding ortho intramolecular Hbond substituents is 1. The maximum Gasteiger partial charge on any atom is 0.305 e. The molecule has 42 heavy (non-hydrogen) atoms. The number of nitrogens with one attached hydrogen (secondary N) is 2. The van der Waals surface area contributed by atoms with Crippen molar-refractivity contribution < 1.29 is 19.7 Å². The first-order chi connectivity index (χ1) is 20.2. The topological polar surface area (TPSA) is 118 Å². The summed E-state index contributed by atoms with van der Waals surface area (Å²) < 4.78 is 6.79. The third-order valence-corrected chi connectivity index (χ3v) is 10.5. The van der Waals surface area contributed by atoms with Crippen molar-refractivity contribution in [2.75, 3.05) is 52.4 Å². The van der Waals surface area contributed by atoms with E-state index in [1.54, 1.807) is 17.4 Å². The number of aromatic nitrogens is 1. The minimum Gasteiger partial charge on any atom is -0.506 e. The molecule has 0 radical (unpaired) electrons. The number of hydrogen-bond donors (Lipinski definition) is 4. The molecule has 6 rings (SSSR count). The van der Waals surface area contributed by atoms with Crippen LogP contribution in [0, 0.1) is 18.8 Å². The highest BCUT2D eigenvalue weighted by atomic mass is 32.1. The molecule has 3 aromatic rings. The van der Waals surface area contributed by atoms with Crippen LogP contribution in [0.1, 0.15) is 39.6 Å². The van der Waals surface area contributed by atoms with E-state index in [0.717, 1.165) is 53.7 Å². The summed E-state index contributed by atoms with van der Waals surface area (Å²) in [6.45, 7) is 9.76. The number of ether oxygens (including phenoxy) is 1. The molecule has 9 nitrogen and oxygen atoms in total. The first-order valence-corrected chi connectivity index (χ1v) is 16.2. The zero-order chi connectivity index (χ0) is 29.4. The van der Waals surface area contributed by atoms with Gasteiger partial charge in [-0.2, -0.15) is 0 Å². The highest BCUT2D eigenvalue weighted by Gasteiger charge is 2.48. The van der Waals surface area contributed by atoms with Gasteiger partial charge in [0.15, 0.2) is 0 Å². The monoisotopic (exact) mass is 610 g/mol. The van der Waals surface area contributed by atoms with Gasteiger partial charge in [-0.3, -0.25) is 14.5 Å². The second-order valence-corrected chi connectivity index (χ2v) is 14.1. The highest BCUT2D eigenvalue weighted by molar-refractivity contribution is 7.16. The second kappa shape index (κ2) is 12.1. The third kappa shape index (κ3) is 6.13. The number of morpholine rings is 1. The van der Waals surface area contributed by atoms with E-state index >= 15 is 0 Å². The molecule has 4 heterocycles. The van der Waals surface area contributed by atoms with Gasteiger partial charge in [-0.1, -0.05) is 42.6 Å². The summed E-state index contributed by atoms with van der Waals surface area (Å²) >= 11 is 2.55. The normalized spacial score (nSPS) is 22.8. The van der Waals surface area contributed by atoms with E-state index in [0.29, 0.717) is 53.9 Å². The molecule has 1 aromatic carbocycles. The van der Waals surface area contributed by atoms with Crippen molar-refractivity contribution in [2.24, 2.45) is 11.8 Å². The van der Waals surface area contributed by atoms with Gasteiger partial charge in [-0.05, 0) is 55.5 Å². The summed E-state index contributed by atoms with van der Waals surface area (Å²) in [6, 6.07) is 7.11. The summed E-state index contributed by atoms with van der Waals surface area (Å²) in [5.74, 6) is 0.950. The van der Waals surface area contributed by atoms with Gasteiger partial charge in [0.05, 0.1) is 28.8 Å². The fourth-order valence-electron chi connectivity index (χ4n) is 6.32. The standard InChI is InChI=1S/C31H38N4O5S2/c1-19-3-5-21(15-34-16-31(17-34)18-35(11-12-40-31)29(38)26-8-4-20(2)41-26)13-22(19)9-10-32-14-25(37)23-6-7-24(36)27-28(23)42-30(39)33-27/h3-8,13,19,22,25,32,36-37H,9-12,14-18H2,1-2H3,(H,33,39)/t19?,22?,25-/m0/s1. The molecule has 0 bridgehead atoms. The largest absolute Gasteiger partial charge is 0.506 e. The Morgan fingerprint density at radius 1 is 1.24 bits per heavy atom. The van der Waals surface area contributed by atoms with Gasteiger partial charge in [-0.25, -0.2) is 0 Å². The van der Waals surface area contributed by atoms with E-state index in [9.17, 15) is 19.8 Å². The number of fused-ring (bicyclic) bond motifs is 1. The fraction of sp³-hybridized carbons (Fsp3) is 0.484. The Hall–Kier alpha value is -2.80. The van der Waals surface area contributed by atoms with E-state index in [4.69, 9.17) is 4.74 Å². The van der Waals surface area contributed by atoms with Gasteiger partial charge >= 0.3 is 4.87 Å². The maximum absolute atomic E-state index is 13.0. The molecule has 1 amide bonds. The number of nitrogens with zero attached hydrogens (tertiary/aromatic N) is 2. The number of aromatic amines is 1. The van der Waals surface area contributed by atoms with Crippen LogP contribution in [0.5, 0.6) is 5.75 Å². The number of aliphatic hydroxyl groups excluding tert-OH is 1. The lowest BCUT2D eigenvalue weighted by atomic mass is 9.84. The predicted molar refractivity (Wildman–Crippen MR) is 167 cm³/mol. The fourth-order valence-corrected chi connectivity index (χ4v) is 8.08. The average molecular weight is 611 g/mol. The van der Waals surface area contributed by atoms with Crippen LogP contribution in [0.25, 0.3) is 10.2 Å². The van der Waals surface area contributed by atoms with Crippen molar-refractivity contribution in [2.45, 2.75) is 32.0 Å². The molecule has 3 atom stereocenters. The average Bonchev–Trinajstić information content (AvgIpc) is 3.57. The molecule has 2 aliphatic heterocycles. The van der Waals surface area contributed by atoms with Crippen LogP contribution >= 0.6 is 22.7 Å². The molecule has 224 valence electrons. The van der Waals surface area contributed by atoms with E-state index in [1.165, 1.54) is 11.6 Å². The number of allylic oxidation sites excluding steroid dienone is 2. The number of hydrogen-bond acceptors (Lipinski definition) is 9. The number of H-pyrrole nitrogens is 1. The van der Waals surface area contributed by atoms with Crippen LogP contribution in [0.4, 0.5) is 0 Å². The lowest BCUT2D eigenvalue weighted by Gasteiger charge is -2.54. The number of likely N-dealkylation sites (tertiary alicyclic amines) is 1. The number of thiophene rings is 1. The number of carbonyl (C=O) groups is 1. The number of thiazole rings is 1. The molecular weight excluding hydrogens is 572 g/mol. The van der Waals surface area contributed by atoms with Crippen molar-refractivity contribution in [3.63, 3.8) is 0 Å². The van der Waals surface area contributed by atoms with E-state index in [1.807, 2.05) is 24.0 Å². The molecule has 3 aliphatic rings. The molecule has 2 saturated heterocycles. The number of aryl methyl sites for hydroxylation is 1. The van der Waals surface area contributed by atoms with Gasteiger partial charge in [0.2, 0.25) is 0 Å². The molecule has 2 unspecified atom stereocenters. The van der Waals surface area contributed by atoms with Crippen LogP contribution in [-0.4, -0.2) is 88.9 Å². The number of benzene rings is 1. The van der Waals surface area contributed by atoms with Crippen LogP contribution < -0.4 is 10.2 Å². The minimum atomic E-state index is -0.782. The van der Waals surface area contributed by atoms with Crippen molar-refractivity contribution in [3.8, 4) is 5.75 Å². The minimum absolute atomic E-state index is 0.00939. The summed E-state index contributed by atoms with van der Waals surface area (Å²) in [5.41, 5.74) is 2.05. The lowest BCUT2D eigenvalue weighted by Crippen LogP contribution is -2.70. The van der Waals surface area contributed by atoms with E-state index in [-0.39, 0.29) is 22.1 Å². The molecule has 4 N–H and O–H groups in total. The quantitative estimate of drug-likeness (QED) is 0.273. The summed E-state index contributed by atoms with van der Waals surface area (Å²) in [4.78, 5) is 33.5. The SMILES string of the molecule is Cc1ccc(C(=O)N2CCOC3(CN(CC4=CC(CCNC[C@H](O)c5ccc(O)c6[nH]c(=O)sc56)C(C)C=C4)C3)C2)s1. The van der Waals surface area contributed by atoms with Crippen molar-refractivity contribution in [1.82, 2.24) is 20.1 Å². The van der Waals surface area contributed by atoms with Crippen molar-refractivity contribution >= 4 is 38.8 Å². The first kappa shape index (κ1) is 29.3. The molecule has 2 fully saturated rings. The van der Waals surface area contributed by atoms with Gasteiger partial charge in [0.1, 0.15) is 16.9 Å². The van der Waals surface area contributed by atoms with Gasteiger partial charge in [0.25, 0.3) is 5.91 Å². The molecule has 1 spiro atoms. The number of amides is 1. The smallest absolute Gasteiger partial charge is 0.305 e. The lowest BCUT2D eigenvalue weighted by molar-refractivity contribution is -0.174. The molecular formula is C31H38N4O5S2. The summed E-state index contributed by atoms with van der Waals surface area (Å²) in [6.07, 6.45) is 7.06. The number of aromatic hydroxyl groups is 1. The van der Waals surface area contributed by atoms with Crippen LogP contribution in [0.2, 0.25) is 0 Å². The van der Waals surface area contributed by atoms with Crippen LogP contribution in [0.15, 0.2) is 52.9 Å². The maximum atomic E-state index is 13.0. The van der Waals surface area contributed by atoms with E-state index in [2.05, 4.69) is 40.4 Å². The number of aliphatic hydroxyl groups is 1. The molecule has 1 aliphatic carbocycles. The van der Waals surface area contributed by atoms with E-state index < -0.39 is 6.10 Å². The predicted octanol–water partition coefficient (Wildman–Crippen LogP) is 3.65. The number of phenols is 1. The Morgan fingerprint density at radius 3 is 2.86 bits per heavy atom. The van der Waals surface area contributed by atoms with Crippen LogP contribution in [-0.2, 0) is 4.74 Å². The summed E-state index contributed by atoms with van der Waals surface area (Å²) in [5, 5.41) is 24.2. The number of carbonyl (C=O) groups excluding carboxylic acids is 1. The Kier molecular flexibility index (Phi) is 8.41. The Labute approximate surface area is 253 Å². The molecule has 11 heteroatoms. The van der Waals surface area contributed by atoms with Crippen LogP contribution in [0.3, 0.4) is 0 Å². The summed E-state index contributed by atoms with van der Waals surface area (Å²) in [7, 11) is 0. The Bertz CT molecular complexity index is 1570.